The molecule has 6 heterocycles. The number of aliphatic hydroxyl groups is 1. The lowest BCUT2D eigenvalue weighted by atomic mass is 9.94. The molecular weight excluding hydrogens is 1060 g/mol. The van der Waals surface area contributed by atoms with Crippen LogP contribution in [-0.4, -0.2) is 117 Å². The van der Waals surface area contributed by atoms with E-state index < -0.39 is 111 Å². The van der Waals surface area contributed by atoms with Crippen LogP contribution in [-0.2, 0) is 97.5 Å². The third-order valence-electron chi connectivity index (χ3n) is 15.8. The average Bonchev–Trinajstić information content (AvgIpc) is 3.73. The van der Waals surface area contributed by atoms with Crippen LogP contribution in [0.1, 0.15) is 57.8 Å². The molecule has 0 aliphatic carbocycles. The van der Waals surface area contributed by atoms with E-state index in [1.807, 2.05) is 212 Å². The van der Waals surface area contributed by atoms with Crippen LogP contribution < -0.4 is 0 Å². The van der Waals surface area contributed by atoms with E-state index in [1.54, 1.807) is 0 Å². The first-order chi connectivity index (χ1) is 41.0. The second-order valence-electron chi connectivity index (χ2n) is 21.4. The zero-order valence-corrected chi connectivity index (χ0v) is 45.6. The zero-order chi connectivity index (χ0) is 55.7. The SMILES string of the molecule is OC1O[C@@H]2COC(c3ccccc3)O[C@H]2[C@H](OCc2ccccc2)[C@@H]1OC1O[C@@H]2COC(c3ccccc3)O[C@H]2[C@H](OCc2ccccc2)[C@@H]1OC1O[C@@H]2COC(c3ccccc3)O[C@H]2[C@H](OCc2ccccc2)[C@@H]1OCc1ccccc1. The van der Waals surface area contributed by atoms with Gasteiger partial charge in [0.05, 0.1) is 46.2 Å². The second-order valence-corrected chi connectivity index (χ2v) is 21.4. The van der Waals surface area contributed by atoms with Gasteiger partial charge in [0.1, 0.15) is 73.2 Å². The van der Waals surface area contributed by atoms with Gasteiger partial charge in [-0.1, -0.05) is 212 Å². The summed E-state index contributed by atoms with van der Waals surface area (Å²) < 4.78 is 104. The van der Waals surface area contributed by atoms with E-state index in [-0.39, 0.29) is 46.2 Å². The Bertz CT molecular complexity index is 3050. The third kappa shape index (κ3) is 13.2. The van der Waals surface area contributed by atoms with Crippen LogP contribution in [0.2, 0.25) is 0 Å². The molecule has 0 aromatic heterocycles. The van der Waals surface area contributed by atoms with E-state index >= 15 is 0 Å². The molecule has 1 N–H and O–H groups in total. The van der Waals surface area contributed by atoms with Crippen LogP contribution >= 0.6 is 0 Å². The van der Waals surface area contributed by atoms with Crippen molar-refractivity contribution in [2.24, 2.45) is 0 Å². The molecule has 6 aliphatic heterocycles. The van der Waals surface area contributed by atoms with Crippen molar-refractivity contribution in [3.05, 3.63) is 251 Å². The summed E-state index contributed by atoms with van der Waals surface area (Å²) in [6.07, 6.45) is -17.1. The Kier molecular flexibility index (Phi) is 18.1. The van der Waals surface area contributed by atoms with Crippen LogP contribution in [0.25, 0.3) is 0 Å². The highest BCUT2D eigenvalue weighted by molar-refractivity contribution is 5.21. The lowest BCUT2D eigenvalue weighted by molar-refractivity contribution is -0.429. The predicted octanol–water partition coefficient (Wildman–Crippen LogP) is 9.61. The van der Waals surface area contributed by atoms with Crippen molar-refractivity contribution in [2.75, 3.05) is 19.8 Å². The van der Waals surface area contributed by atoms with Crippen molar-refractivity contribution < 1.29 is 76.2 Å². The maximum atomic E-state index is 12.3. The van der Waals surface area contributed by atoms with Gasteiger partial charge in [-0.05, 0) is 22.3 Å². The van der Waals surface area contributed by atoms with E-state index in [4.69, 9.17) is 71.1 Å². The number of ether oxygens (including phenoxy) is 15. The molecule has 16 heteroatoms. The minimum absolute atomic E-state index is 0.0860. The molecule has 83 heavy (non-hydrogen) atoms. The van der Waals surface area contributed by atoms with Gasteiger partial charge in [0, 0.05) is 16.7 Å². The van der Waals surface area contributed by atoms with Gasteiger partial charge < -0.3 is 76.2 Å². The topological polar surface area (TPSA) is 159 Å². The Morgan fingerprint density at radius 3 is 0.940 bits per heavy atom. The smallest absolute Gasteiger partial charge is 0.187 e. The van der Waals surface area contributed by atoms with Gasteiger partial charge in [-0.15, -0.1) is 0 Å². The van der Waals surface area contributed by atoms with Crippen molar-refractivity contribution in [3.8, 4) is 0 Å². The normalized spacial score (nSPS) is 33.3. The third-order valence-corrected chi connectivity index (χ3v) is 15.8. The minimum atomic E-state index is -1.57. The fourth-order valence-corrected chi connectivity index (χ4v) is 11.6. The summed E-state index contributed by atoms with van der Waals surface area (Å²) in [5.74, 6) is 0. The van der Waals surface area contributed by atoms with Gasteiger partial charge in [-0.25, -0.2) is 0 Å². The van der Waals surface area contributed by atoms with E-state index in [0.29, 0.717) is 0 Å². The summed E-state index contributed by atoms with van der Waals surface area (Å²) >= 11 is 0. The Morgan fingerprint density at radius 1 is 0.301 bits per heavy atom. The number of rotatable bonds is 19. The molecule has 0 amide bonds. The van der Waals surface area contributed by atoms with Gasteiger partial charge in [0.15, 0.2) is 37.7 Å². The Balaban J connectivity index is 0.892. The molecule has 432 valence electrons. The number of aliphatic hydroxyl groups excluding tert-OH is 1. The van der Waals surface area contributed by atoms with Gasteiger partial charge >= 0.3 is 0 Å². The van der Waals surface area contributed by atoms with Gasteiger partial charge in [0.2, 0.25) is 0 Å². The molecule has 6 fully saturated rings. The van der Waals surface area contributed by atoms with Gasteiger partial charge in [0.25, 0.3) is 0 Å². The maximum Gasteiger partial charge on any atom is 0.187 e. The van der Waals surface area contributed by atoms with Gasteiger partial charge in [-0.3, -0.25) is 0 Å². The fourth-order valence-electron chi connectivity index (χ4n) is 11.6. The first-order valence-corrected chi connectivity index (χ1v) is 28.6. The monoisotopic (exact) mass is 1130 g/mol. The largest absolute Gasteiger partial charge is 0.368 e. The number of hydrogen-bond acceptors (Lipinski definition) is 16. The van der Waals surface area contributed by atoms with Crippen molar-refractivity contribution in [1.29, 1.82) is 0 Å². The molecule has 0 bridgehead atoms. The standard InChI is InChI=1S/C67H68O16/c68-62-59(56(69-36-43-22-8-1-9-23-43)53-50(76-62)40-73-63(79-53)47-30-16-5-17-31-47)82-67-61(58(71-38-45-26-12-3-13-27-45)55-52(78-67)42-75-65(81-55)49-34-20-7-21-35-49)83-66-60(72-39-46-28-14-4-15-29-46)57(70-37-44-24-10-2-11-25-44)54-51(77-66)41-74-64(80-54)48-32-18-6-19-33-48/h1-35,50-68H,36-42H2/t50-,51-,52-,53-,54-,55-,56+,57+,58+,59+,60+,61+,62?,63?,64?,65?,66?,67?/m1/s1. The van der Waals surface area contributed by atoms with Crippen LogP contribution in [0.4, 0.5) is 0 Å². The van der Waals surface area contributed by atoms with E-state index in [1.165, 1.54) is 0 Å². The van der Waals surface area contributed by atoms with Crippen molar-refractivity contribution >= 4 is 0 Å². The highest BCUT2D eigenvalue weighted by atomic mass is 16.8. The summed E-state index contributed by atoms with van der Waals surface area (Å²) in [4.78, 5) is 0. The predicted molar refractivity (Wildman–Crippen MR) is 298 cm³/mol. The Labute approximate surface area is 482 Å². The molecule has 13 rings (SSSR count). The molecule has 6 saturated heterocycles. The zero-order valence-electron chi connectivity index (χ0n) is 45.6. The van der Waals surface area contributed by atoms with Crippen LogP contribution in [0.5, 0.6) is 0 Å². The first kappa shape index (κ1) is 56.1. The molecular formula is C67H68O16. The average molecular weight is 1130 g/mol. The summed E-state index contributed by atoms with van der Waals surface area (Å²) in [5.41, 5.74) is 6.13. The fraction of sp³-hybridized carbons (Fsp3) is 0.373. The Hall–Kier alpha value is -6.10. The quantitative estimate of drug-likeness (QED) is 0.0815. The minimum Gasteiger partial charge on any atom is -0.368 e. The summed E-state index contributed by atoms with van der Waals surface area (Å²) in [7, 11) is 0. The molecule has 6 unspecified atom stereocenters. The molecule has 7 aromatic carbocycles. The molecule has 0 saturated carbocycles. The molecule has 7 aromatic rings. The molecule has 6 aliphatic rings. The van der Waals surface area contributed by atoms with Gasteiger partial charge in [-0.2, -0.15) is 0 Å². The van der Waals surface area contributed by atoms with Crippen LogP contribution in [0, 0.1) is 0 Å². The first-order valence-electron chi connectivity index (χ1n) is 28.6. The molecule has 16 nitrogen and oxygen atoms in total. The highest BCUT2D eigenvalue weighted by Gasteiger charge is 2.59. The second kappa shape index (κ2) is 26.9. The van der Waals surface area contributed by atoms with Crippen LogP contribution in [0.15, 0.2) is 212 Å². The number of hydrogen-bond donors (Lipinski definition) is 1. The molecule has 0 radical (unpaired) electrons. The summed E-state index contributed by atoms with van der Waals surface area (Å²) in [6.45, 7) is 1.01. The lowest BCUT2D eigenvalue weighted by Crippen LogP contribution is -2.69. The lowest BCUT2D eigenvalue weighted by Gasteiger charge is -2.53. The van der Waals surface area contributed by atoms with Crippen molar-refractivity contribution in [3.63, 3.8) is 0 Å². The van der Waals surface area contributed by atoms with E-state index in [2.05, 4.69) is 0 Å². The summed E-state index contributed by atoms with van der Waals surface area (Å²) in [5, 5.41) is 12.3. The van der Waals surface area contributed by atoms with E-state index in [0.717, 1.165) is 38.9 Å². The number of fused-ring (bicyclic) bond motifs is 3. The molecule has 0 spiro atoms. The number of benzene rings is 7. The molecule has 18 atom stereocenters. The van der Waals surface area contributed by atoms with Crippen molar-refractivity contribution in [1.82, 2.24) is 0 Å². The van der Waals surface area contributed by atoms with E-state index in [9.17, 15) is 5.11 Å². The van der Waals surface area contributed by atoms with Crippen molar-refractivity contribution in [2.45, 2.75) is 137 Å². The summed E-state index contributed by atoms with van der Waals surface area (Å²) in [6, 6.07) is 68.7. The maximum absolute atomic E-state index is 12.3. The Morgan fingerprint density at radius 2 is 0.578 bits per heavy atom. The highest BCUT2D eigenvalue weighted by Crippen LogP contribution is 2.44. The van der Waals surface area contributed by atoms with Crippen LogP contribution in [0.3, 0.4) is 0 Å².